The largest absolute Gasteiger partial charge is 1.00 e. The number of benzene rings is 1. The molecule has 1 N–H and O–H groups in total. The van der Waals surface area contributed by atoms with Crippen molar-refractivity contribution in [1.29, 1.82) is 0 Å². The number of ether oxygens (including phenoxy) is 1. The molecule has 0 bridgehead atoms. The van der Waals surface area contributed by atoms with Crippen molar-refractivity contribution in [1.82, 2.24) is 0 Å². The molecule has 1 aliphatic carbocycles. The van der Waals surface area contributed by atoms with Crippen LogP contribution in [0.2, 0.25) is 0 Å². The van der Waals surface area contributed by atoms with Crippen molar-refractivity contribution in [3.8, 4) is 0 Å². The number of hydrogen-bond acceptors (Lipinski definition) is 3. The van der Waals surface area contributed by atoms with E-state index < -0.39 is 11.6 Å². The maximum absolute atomic E-state index is 13.2. The summed E-state index contributed by atoms with van der Waals surface area (Å²) >= 11 is 0. The molecule has 1 saturated carbocycles. The maximum Gasteiger partial charge on any atom is 0.343 e. The van der Waals surface area contributed by atoms with Crippen LogP contribution in [0.3, 0.4) is 0 Å². The van der Waals surface area contributed by atoms with Gasteiger partial charge < -0.3 is 31.3 Å². The van der Waals surface area contributed by atoms with Gasteiger partial charge in [0.2, 0.25) is 0 Å². The van der Waals surface area contributed by atoms with Crippen LogP contribution < -0.4 is 17.0 Å². The summed E-state index contributed by atoms with van der Waals surface area (Å²) in [5.74, 6) is -0.456. The Morgan fingerprint density at radius 2 is 1.63 bits per heavy atom. The van der Waals surface area contributed by atoms with Crippen LogP contribution in [0.4, 0.5) is 0 Å². The molecular formula is C22H32BrNO3. The number of aliphatic hydroxyl groups is 1. The van der Waals surface area contributed by atoms with Gasteiger partial charge in [0, 0.05) is 25.2 Å². The molecule has 3 fully saturated rings. The van der Waals surface area contributed by atoms with Crippen LogP contribution in [0.15, 0.2) is 30.3 Å². The quantitative estimate of drug-likeness (QED) is 0.547. The number of halogens is 1. The molecule has 5 heteroatoms. The van der Waals surface area contributed by atoms with Crippen molar-refractivity contribution in [2.24, 2.45) is 5.92 Å². The lowest BCUT2D eigenvalue weighted by Gasteiger charge is -2.37. The number of rotatable bonds is 4. The summed E-state index contributed by atoms with van der Waals surface area (Å²) in [6.45, 7) is 4.49. The van der Waals surface area contributed by atoms with Crippen LogP contribution in [0.25, 0.3) is 0 Å². The average Bonchev–Trinajstić information content (AvgIpc) is 3.32. The molecule has 1 aromatic carbocycles. The standard InChI is InChI=1S/C22H32NO3.BrH/c24-21(26-20-13-16-23(17-20)14-7-8-15-23)22(25,18-9-3-1-4-10-18)19-11-5-2-6-12-19;/h1,3-4,9-10,19-20,25H,2,5-8,11-17H2;1H/q+1;/p-1. The molecule has 4 nitrogen and oxygen atoms in total. The Bertz CT molecular complexity index is 626. The van der Waals surface area contributed by atoms with Crippen LogP contribution in [0.1, 0.15) is 56.9 Å². The van der Waals surface area contributed by atoms with E-state index in [1.54, 1.807) is 0 Å². The molecule has 150 valence electrons. The van der Waals surface area contributed by atoms with Gasteiger partial charge in [-0.2, -0.15) is 0 Å². The van der Waals surface area contributed by atoms with Gasteiger partial charge in [-0.15, -0.1) is 0 Å². The molecule has 2 unspecified atom stereocenters. The van der Waals surface area contributed by atoms with E-state index in [4.69, 9.17) is 4.74 Å². The fraction of sp³-hybridized carbons (Fsp3) is 0.682. The van der Waals surface area contributed by atoms with E-state index in [0.29, 0.717) is 5.56 Å². The first-order valence-electron chi connectivity index (χ1n) is 10.5. The minimum atomic E-state index is -1.50. The highest BCUT2D eigenvalue weighted by molar-refractivity contribution is 5.81. The zero-order valence-electron chi connectivity index (χ0n) is 16.1. The van der Waals surface area contributed by atoms with E-state index in [2.05, 4.69) is 0 Å². The maximum atomic E-state index is 13.2. The summed E-state index contributed by atoms with van der Waals surface area (Å²) in [7, 11) is 0. The SMILES string of the molecule is O=C(OC1CC[N+]2(CCCC2)C1)C(O)(c1ccccc1)C1CCCCC1.[Br-]. The highest BCUT2D eigenvalue weighted by Gasteiger charge is 2.50. The van der Waals surface area contributed by atoms with E-state index >= 15 is 0 Å². The topological polar surface area (TPSA) is 46.5 Å². The number of hydrogen-bond donors (Lipinski definition) is 1. The summed E-state index contributed by atoms with van der Waals surface area (Å²) in [5.41, 5.74) is -0.805. The van der Waals surface area contributed by atoms with Crippen molar-refractivity contribution in [2.75, 3.05) is 26.2 Å². The molecule has 2 atom stereocenters. The van der Waals surface area contributed by atoms with Gasteiger partial charge in [0.25, 0.3) is 0 Å². The molecule has 0 radical (unpaired) electrons. The first kappa shape index (κ1) is 20.8. The molecule has 4 rings (SSSR count). The Morgan fingerprint density at radius 3 is 2.30 bits per heavy atom. The third-order valence-corrected chi connectivity index (χ3v) is 7.03. The van der Waals surface area contributed by atoms with Crippen molar-refractivity contribution < 1.29 is 36.1 Å². The first-order chi connectivity index (χ1) is 12.6. The minimum absolute atomic E-state index is 0. The summed E-state index contributed by atoms with van der Waals surface area (Å²) in [6, 6.07) is 9.47. The predicted octanol–water partition coefficient (Wildman–Crippen LogP) is 0.385. The minimum Gasteiger partial charge on any atom is -1.00 e. The molecule has 0 aromatic heterocycles. The van der Waals surface area contributed by atoms with Gasteiger partial charge in [-0.1, -0.05) is 49.6 Å². The van der Waals surface area contributed by atoms with Crippen molar-refractivity contribution in [3.63, 3.8) is 0 Å². The second kappa shape index (κ2) is 8.62. The number of carbonyl (C=O) groups is 1. The van der Waals surface area contributed by atoms with E-state index in [1.807, 2.05) is 30.3 Å². The third kappa shape index (κ3) is 4.10. The van der Waals surface area contributed by atoms with Crippen molar-refractivity contribution in [2.45, 2.75) is 63.1 Å². The fourth-order valence-electron chi connectivity index (χ4n) is 5.52. The van der Waals surface area contributed by atoms with Crippen LogP contribution in [0, 0.1) is 5.92 Å². The van der Waals surface area contributed by atoms with Gasteiger partial charge in [-0.25, -0.2) is 4.79 Å². The summed E-state index contributed by atoms with van der Waals surface area (Å²) in [6.07, 6.45) is 8.61. The van der Waals surface area contributed by atoms with E-state index in [9.17, 15) is 9.90 Å². The highest BCUT2D eigenvalue weighted by Crippen LogP contribution is 2.41. The fourth-order valence-corrected chi connectivity index (χ4v) is 5.52. The van der Waals surface area contributed by atoms with Gasteiger partial charge >= 0.3 is 5.97 Å². The van der Waals surface area contributed by atoms with E-state index in [0.717, 1.165) is 49.7 Å². The summed E-state index contributed by atoms with van der Waals surface area (Å²) in [4.78, 5) is 13.2. The lowest BCUT2D eigenvalue weighted by molar-refractivity contribution is -0.906. The van der Waals surface area contributed by atoms with Gasteiger partial charge in [0.1, 0.15) is 6.54 Å². The Hall–Kier alpha value is -0.910. The lowest BCUT2D eigenvalue weighted by atomic mass is 9.73. The molecule has 1 spiro atoms. The number of nitrogens with zero attached hydrogens (tertiary/aromatic N) is 1. The Morgan fingerprint density at radius 1 is 0.963 bits per heavy atom. The smallest absolute Gasteiger partial charge is 0.343 e. The number of esters is 1. The summed E-state index contributed by atoms with van der Waals surface area (Å²) < 4.78 is 7.08. The number of quaternary nitrogens is 1. The van der Waals surface area contributed by atoms with E-state index in [-0.39, 0.29) is 29.0 Å². The second-order valence-electron chi connectivity index (χ2n) is 8.69. The molecule has 1 aromatic rings. The second-order valence-corrected chi connectivity index (χ2v) is 8.69. The van der Waals surface area contributed by atoms with Gasteiger partial charge in [-0.05, 0) is 18.4 Å². The van der Waals surface area contributed by atoms with Gasteiger partial charge in [-0.3, -0.25) is 0 Å². The molecule has 27 heavy (non-hydrogen) atoms. The summed E-state index contributed by atoms with van der Waals surface area (Å²) in [5, 5.41) is 11.6. The third-order valence-electron chi connectivity index (χ3n) is 7.03. The first-order valence-corrected chi connectivity index (χ1v) is 10.5. The Balaban J connectivity index is 0.00000210. The van der Waals surface area contributed by atoms with Crippen LogP contribution in [0.5, 0.6) is 0 Å². The molecule has 2 saturated heterocycles. The van der Waals surface area contributed by atoms with Crippen LogP contribution in [-0.2, 0) is 15.1 Å². The molecule has 2 heterocycles. The van der Waals surface area contributed by atoms with Crippen molar-refractivity contribution in [3.05, 3.63) is 35.9 Å². The average molecular weight is 438 g/mol. The van der Waals surface area contributed by atoms with Crippen molar-refractivity contribution >= 4 is 5.97 Å². The zero-order chi connectivity index (χ0) is 18.0. The lowest BCUT2D eigenvalue weighted by Crippen LogP contribution is -3.00. The molecule has 0 amide bonds. The van der Waals surface area contributed by atoms with E-state index in [1.165, 1.54) is 32.4 Å². The molecule has 3 aliphatic rings. The van der Waals surface area contributed by atoms with Gasteiger partial charge in [0.15, 0.2) is 11.7 Å². The van der Waals surface area contributed by atoms with Crippen LogP contribution >= 0.6 is 0 Å². The van der Waals surface area contributed by atoms with Crippen LogP contribution in [-0.4, -0.2) is 47.8 Å². The molecule has 2 aliphatic heterocycles. The zero-order valence-corrected chi connectivity index (χ0v) is 17.7. The highest BCUT2D eigenvalue weighted by atomic mass is 79.9. The molecular weight excluding hydrogens is 406 g/mol. The Labute approximate surface area is 173 Å². The Kier molecular flexibility index (Phi) is 6.65. The predicted molar refractivity (Wildman–Crippen MR) is 100 cm³/mol. The normalized spacial score (nSPS) is 27.1. The monoisotopic (exact) mass is 437 g/mol. The number of carbonyl (C=O) groups excluding carboxylic acids is 1. The van der Waals surface area contributed by atoms with Gasteiger partial charge in [0.05, 0.1) is 19.6 Å².